The number of likely N-dealkylation sites (N-methyl/N-ethyl adjacent to an activating group) is 1. The van der Waals surface area contributed by atoms with Gasteiger partial charge in [-0.25, -0.2) is 4.98 Å². The Hall–Kier alpha value is -3.31. The van der Waals surface area contributed by atoms with Crippen LogP contribution in [0.3, 0.4) is 0 Å². The summed E-state index contributed by atoms with van der Waals surface area (Å²) in [5, 5.41) is 22.2. The molecule has 47 heavy (non-hydrogen) atoms. The number of rotatable bonds is 18. The van der Waals surface area contributed by atoms with Gasteiger partial charge in [0.1, 0.15) is 12.1 Å². The minimum atomic E-state index is -0.836. The number of hydrogen-bond donors (Lipinski definition) is 3. The van der Waals surface area contributed by atoms with Crippen LogP contribution in [-0.2, 0) is 19.2 Å². The molecule has 3 rings (SSSR count). The van der Waals surface area contributed by atoms with Gasteiger partial charge in [0.25, 0.3) is 0 Å². The fourth-order valence-corrected chi connectivity index (χ4v) is 6.89. The Morgan fingerprint density at radius 1 is 0.957 bits per heavy atom. The molecule has 0 bridgehead atoms. The van der Waals surface area contributed by atoms with E-state index in [1.807, 2.05) is 52.0 Å². The molecule has 1 aromatic heterocycles. The van der Waals surface area contributed by atoms with E-state index in [1.54, 1.807) is 23.9 Å². The number of nitrogens with zero attached hydrogens (tertiary/aromatic N) is 3. The number of aliphatic carboxylic acids is 1. The molecule has 0 aliphatic carbocycles. The summed E-state index contributed by atoms with van der Waals surface area (Å²) in [4.78, 5) is 59.6. The van der Waals surface area contributed by atoms with Gasteiger partial charge in [-0.05, 0) is 42.9 Å². The van der Waals surface area contributed by atoms with Crippen molar-refractivity contribution in [1.82, 2.24) is 15.2 Å². The third kappa shape index (κ3) is 11.7. The van der Waals surface area contributed by atoms with Gasteiger partial charge in [0.2, 0.25) is 17.7 Å². The van der Waals surface area contributed by atoms with Crippen LogP contribution in [0, 0.1) is 12.3 Å². The molecule has 11 heteroatoms. The Balaban J connectivity index is 1.49. The molecule has 1 fully saturated rings. The van der Waals surface area contributed by atoms with Gasteiger partial charge in [0, 0.05) is 38.5 Å². The molecule has 1 aliphatic heterocycles. The Kier molecular flexibility index (Phi) is 14.8. The molecule has 2 aromatic rings. The van der Waals surface area contributed by atoms with Crippen LogP contribution in [0.15, 0.2) is 29.8 Å². The molecule has 3 amide bonds. The molecule has 0 spiro atoms. The lowest BCUT2D eigenvalue weighted by Gasteiger charge is -2.36. The van der Waals surface area contributed by atoms with Crippen molar-refractivity contribution < 1.29 is 29.4 Å². The topological polar surface area (TPSA) is 140 Å². The van der Waals surface area contributed by atoms with Crippen LogP contribution in [-0.4, -0.2) is 75.6 Å². The molecule has 2 heterocycles. The number of hydrogen-bond acceptors (Lipinski definition) is 7. The maximum absolute atomic E-state index is 13.9. The second-order valence-electron chi connectivity index (χ2n) is 13.9. The van der Waals surface area contributed by atoms with Crippen molar-refractivity contribution >= 4 is 40.7 Å². The first-order valence-corrected chi connectivity index (χ1v) is 17.9. The number of anilines is 1. The van der Waals surface area contributed by atoms with Crippen molar-refractivity contribution in [2.24, 2.45) is 5.41 Å². The van der Waals surface area contributed by atoms with Crippen molar-refractivity contribution in [1.29, 1.82) is 0 Å². The summed E-state index contributed by atoms with van der Waals surface area (Å²) in [6, 6.07) is 5.97. The monoisotopic (exact) mass is 670 g/mol. The predicted octanol–water partition coefficient (Wildman–Crippen LogP) is 6.34. The number of carbonyl (C=O) groups is 4. The van der Waals surface area contributed by atoms with Crippen LogP contribution >= 0.6 is 11.3 Å². The van der Waals surface area contributed by atoms with Crippen LogP contribution in [0.1, 0.15) is 110 Å². The minimum Gasteiger partial charge on any atom is -0.481 e. The zero-order valence-corrected chi connectivity index (χ0v) is 29.6. The SMILES string of the molecule is Cc1ncsc1-c1ccc(N(C)C(=O)[C@@H]2C[C@@H](O)CN2C(=O)[C@@H](NC(=O)CCCCCCCCCCCCC(=O)O)C(C)(C)C)cc1. The fraction of sp³-hybridized carbons (Fsp3) is 0.639. The number of likely N-dealkylation sites (tertiary alicyclic amines) is 1. The van der Waals surface area contributed by atoms with Crippen molar-refractivity contribution in [2.45, 2.75) is 129 Å². The summed E-state index contributed by atoms with van der Waals surface area (Å²) < 4.78 is 0. The number of benzene rings is 1. The lowest BCUT2D eigenvalue weighted by molar-refractivity contribution is -0.143. The third-order valence-electron chi connectivity index (χ3n) is 8.90. The number of carboxylic acids is 1. The van der Waals surface area contributed by atoms with Crippen molar-refractivity contribution in [3.05, 3.63) is 35.5 Å². The van der Waals surface area contributed by atoms with E-state index in [-0.39, 0.29) is 37.1 Å². The third-order valence-corrected chi connectivity index (χ3v) is 9.88. The molecule has 1 saturated heterocycles. The van der Waals surface area contributed by atoms with Crippen molar-refractivity contribution in [3.8, 4) is 10.4 Å². The molecule has 0 unspecified atom stereocenters. The molecule has 3 atom stereocenters. The van der Waals surface area contributed by atoms with E-state index >= 15 is 0 Å². The Labute approximate surface area is 284 Å². The van der Waals surface area contributed by atoms with Crippen LogP contribution < -0.4 is 10.2 Å². The number of carboxylic acid groups (broad SMARTS) is 1. The second kappa shape index (κ2) is 18.3. The number of β-amino-alcohol motifs (C(OH)–C–C–N with tert-alkyl or cyclic N) is 1. The summed E-state index contributed by atoms with van der Waals surface area (Å²) in [5.41, 5.74) is 3.86. The quantitative estimate of drug-likeness (QED) is 0.157. The van der Waals surface area contributed by atoms with Gasteiger partial charge in [0.15, 0.2) is 0 Å². The highest BCUT2D eigenvalue weighted by Crippen LogP contribution is 2.31. The van der Waals surface area contributed by atoms with Crippen molar-refractivity contribution in [2.75, 3.05) is 18.5 Å². The Morgan fingerprint density at radius 2 is 1.51 bits per heavy atom. The largest absolute Gasteiger partial charge is 0.481 e. The average Bonchev–Trinajstić information content (AvgIpc) is 3.63. The van der Waals surface area contributed by atoms with E-state index in [1.165, 1.54) is 9.80 Å². The predicted molar refractivity (Wildman–Crippen MR) is 186 cm³/mol. The molecular formula is C36H54N4O6S. The van der Waals surface area contributed by atoms with Crippen LogP contribution in [0.4, 0.5) is 5.69 Å². The van der Waals surface area contributed by atoms with Crippen LogP contribution in [0.25, 0.3) is 10.4 Å². The number of carbonyl (C=O) groups excluding carboxylic acids is 3. The highest BCUT2D eigenvalue weighted by atomic mass is 32.1. The molecule has 3 N–H and O–H groups in total. The fourth-order valence-electron chi connectivity index (χ4n) is 6.08. The lowest BCUT2D eigenvalue weighted by Crippen LogP contribution is -2.57. The second-order valence-corrected chi connectivity index (χ2v) is 14.8. The van der Waals surface area contributed by atoms with E-state index in [4.69, 9.17) is 5.11 Å². The lowest BCUT2D eigenvalue weighted by atomic mass is 9.85. The van der Waals surface area contributed by atoms with Gasteiger partial charge in [-0.3, -0.25) is 19.2 Å². The molecule has 0 radical (unpaired) electrons. The van der Waals surface area contributed by atoms with E-state index in [2.05, 4.69) is 10.3 Å². The number of aryl methyl sites for hydroxylation is 1. The van der Waals surface area contributed by atoms with Gasteiger partial charge in [-0.2, -0.15) is 0 Å². The van der Waals surface area contributed by atoms with E-state index in [9.17, 15) is 24.3 Å². The summed E-state index contributed by atoms with van der Waals surface area (Å²) in [6.07, 6.45) is 9.93. The zero-order valence-electron chi connectivity index (χ0n) is 28.8. The molecule has 260 valence electrons. The standard InChI is InChI=1S/C36H54N4O6S/c1-25-32(47-24-37-25)26-18-20-27(21-19-26)39(5)34(45)29-22-28(41)23-40(29)35(46)33(36(2,3)4)38-30(42)16-14-12-10-8-6-7-9-11-13-15-17-31(43)44/h18-21,24,28-29,33,41H,6-17,22-23H2,1-5H3,(H,38,42)(H,43,44)/t28-,29+,33-/m1/s1. The van der Waals surface area contributed by atoms with E-state index in [0.29, 0.717) is 12.1 Å². The summed E-state index contributed by atoms with van der Waals surface area (Å²) >= 11 is 1.56. The van der Waals surface area contributed by atoms with Crippen LogP contribution in [0.2, 0.25) is 0 Å². The highest BCUT2D eigenvalue weighted by molar-refractivity contribution is 7.13. The summed E-state index contributed by atoms with van der Waals surface area (Å²) in [6.45, 7) is 7.68. The highest BCUT2D eigenvalue weighted by Gasteiger charge is 2.45. The number of thiazole rings is 1. The number of aliphatic hydroxyl groups excluding tert-OH is 1. The maximum Gasteiger partial charge on any atom is 0.303 e. The molecule has 1 aromatic carbocycles. The average molecular weight is 671 g/mol. The zero-order chi connectivity index (χ0) is 34.6. The molecule has 10 nitrogen and oxygen atoms in total. The summed E-state index contributed by atoms with van der Waals surface area (Å²) in [7, 11) is 1.68. The number of nitrogens with one attached hydrogen (secondary N) is 1. The smallest absolute Gasteiger partial charge is 0.303 e. The first-order chi connectivity index (χ1) is 22.3. The summed E-state index contributed by atoms with van der Waals surface area (Å²) in [5.74, 6) is -1.55. The van der Waals surface area contributed by atoms with Gasteiger partial charge in [0.05, 0.1) is 22.2 Å². The molecule has 0 saturated carbocycles. The number of aliphatic hydroxyl groups is 1. The number of aromatic nitrogens is 1. The van der Waals surface area contributed by atoms with Gasteiger partial charge < -0.3 is 25.3 Å². The molecular weight excluding hydrogens is 616 g/mol. The van der Waals surface area contributed by atoms with Gasteiger partial charge >= 0.3 is 5.97 Å². The van der Waals surface area contributed by atoms with Gasteiger partial charge in [-0.1, -0.05) is 84.3 Å². The van der Waals surface area contributed by atoms with E-state index < -0.39 is 29.6 Å². The number of unbranched alkanes of at least 4 members (excludes halogenated alkanes) is 9. The Bertz CT molecular complexity index is 1320. The van der Waals surface area contributed by atoms with Crippen LogP contribution in [0.5, 0.6) is 0 Å². The first kappa shape index (κ1) is 38.1. The van der Waals surface area contributed by atoms with Crippen molar-refractivity contribution in [3.63, 3.8) is 0 Å². The number of amides is 3. The Morgan fingerprint density at radius 3 is 2.02 bits per heavy atom. The maximum atomic E-state index is 13.9. The minimum absolute atomic E-state index is 0.0391. The van der Waals surface area contributed by atoms with Gasteiger partial charge in [-0.15, -0.1) is 11.3 Å². The normalized spacial score (nSPS) is 17.0. The van der Waals surface area contributed by atoms with E-state index in [0.717, 1.165) is 80.3 Å². The first-order valence-electron chi connectivity index (χ1n) is 17.1. The molecule has 1 aliphatic rings.